The van der Waals surface area contributed by atoms with Crippen molar-refractivity contribution in [3.63, 3.8) is 0 Å². The Labute approximate surface area is 164 Å². The monoisotopic (exact) mass is 371 g/mol. The number of methoxy groups -OCH3 is 1. The smallest absolute Gasteiger partial charge is 0.220 e. The zero-order chi connectivity index (χ0) is 19.7. The number of allylic oxidation sites excluding steroid dienone is 2. The number of para-hydroxylation sites is 1. The van der Waals surface area contributed by atoms with Gasteiger partial charge in [0.2, 0.25) is 5.88 Å². The predicted octanol–water partition coefficient (Wildman–Crippen LogP) is 4.97. The van der Waals surface area contributed by atoms with E-state index in [-0.39, 0.29) is 5.92 Å². The number of nitriles is 1. The summed E-state index contributed by atoms with van der Waals surface area (Å²) in [5, 5.41) is 13.8. The van der Waals surface area contributed by atoms with E-state index in [1.54, 1.807) is 13.2 Å². The van der Waals surface area contributed by atoms with Gasteiger partial charge in [-0.3, -0.25) is 0 Å². The molecule has 140 valence electrons. The topological polar surface area (TPSA) is 67.2 Å². The molecule has 0 saturated heterocycles. The molecule has 1 aromatic heterocycles. The molecule has 5 heteroatoms. The Bertz CT molecular complexity index is 1130. The molecule has 1 atom stereocenters. The quantitative estimate of drug-likeness (QED) is 0.701. The second-order valence-corrected chi connectivity index (χ2v) is 6.68. The third kappa shape index (κ3) is 2.93. The third-order valence-electron chi connectivity index (χ3n) is 4.92. The Morgan fingerprint density at radius 2 is 2.04 bits per heavy atom. The second-order valence-electron chi connectivity index (χ2n) is 6.68. The molecule has 1 aliphatic rings. The van der Waals surface area contributed by atoms with Crippen LogP contribution in [0.3, 0.4) is 0 Å². The summed E-state index contributed by atoms with van der Waals surface area (Å²) < 4.78 is 11.6. The summed E-state index contributed by atoms with van der Waals surface area (Å²) in [4.78, 5) is 4.78. The summed E-state index contributed by atoms with van der Waals surface area (Å²) in [5.41, 5.74) is 5.46. The van der Waals surface area contributed by atoms with Crippen LogP contribution in [0.15, 0.2) is 54.2 Å². The van der Waals surface area contributed by atoms with E-state index in [2.05, 4.69) is 23.5 Å². The number of anilines is 1. The van der Waals surface area contributed by atoms with Crippen LogP contribution >= 0.6 is 0 Å². The summed E-state index contributed by atoms with van der Waals surface area (Å²) in [6.45, 7) is 4.53. The van der Waals surface area contributed by atoms with Crippen LogP contribution in [0.25, 0.3) is 10.9 Å². The Morgan fingerprint density at radius 3 is 2.79 bits per heavy atom. The fourth-order valence-electron chi connectivity index (χ4n) is 3.73. The molecule has 3 aromatic rings. The van der Waals surface area contributed by atoms with E-state index in [4.69, 9.17) is 14.5 Å². The van der Waals surface area contributed by atoms with Crippen LogP contribution in [0.5, 0.6) is 11.6 Å². The molecular weight excluding hydrogens is 350 g/mol. The molecule has 0 bridgehead atoms. The van der Waals surface area contributed by atoms with Gasteiger partial charge >= 0.3 is 0 Å². The van der Waals surface area contributed by atoms with E-state index in [0.717, 1.165) is 33.4 Å². The lowest BCUT2D eigenvalue weighted by atomic mass is 9.85. The van der Waals surface area contributed by atoms with Crippen LogP contribution in [-0.4, -0.2) is 18.7 Å². The van der Waals surface area contributed by atoms with E-state index in [0.29, 0.717) is 23.8 Å². The molecule has 1 aliphatic heterocycles. The molecule has 4 rings (SSSR count). The van der Waals surface area contributed by atoms with Crippen LogP contribution < -0.4 is 14.8 Å². The molecule has 0 saturated carbocycles. The normalized spacial score (nSPS) is 15.2. The van der Waals surface area contributed by atoms with Crippen molar-refractivity contribution in [1.82, 2.24) is 4.98 Å². The van der Waals surface area contributed by atoms with Crippen molar-refractivity contribution in [2.45, 2.75) is 19.8 Å². The number of aromatic nitrogens is 1. The number of nitrogens with one attached hydrogen (secondary N) is 1. The number of rotatable bonds is 4. The van der Waals surface area contributed by atoms with E-state index in [1.807, 2.05) is 44.2 Å². The van der Waals surface area contributed by atoms with Gasteiger partial charge in [-0.15, -0.1) is 0 Å². The maximum Gasteiger partial charge on any atom is 0.220 e. The molecule has 0 aliphatic carbocycles. The number of ether oxygens (including phenoxy) is 2. The highest BCUT2D eigenvalue weighted by molar-refractivity contribution is 5.96. The lowest BCUT2D eigenvalue weighted by molar-refractivity contribution is 0.324. The first kappa shape index (κ1) is 17.9. The molecule has 0 radical (unpaired) electrons. The van der Waals surface area contributed by atoms with Crippen LogP contribution in [0.2, 0.25) is 0 Å². The van der Waals surface area contributed by atoms with Gasteiger partial charge in [-0.05, 0) is 32.0 Å². The highest BCUT2D eigenvalue weighted by Crippen LogP contribution is 2.46. The average Bonchev–Trinajstić information content (AvgIpc) is 2.72. The number of nitrogens with zero attached hydrogens (tertiary/aromatic N) is 2. The summed E-state index contributed by atoms with van der Waals surface area (Å²) in [5.74, 6) is 1.19. The zero-order valence-corrected chi connectivity index (χ0v) is 16.1. The molecule has 28 heavy (non-hydrogen) atoms. The summed E-state index contributed by atoms with van der Waals surface area (Å²) in [6, 6.07) is 15.8. The van der Waals surface area contributed by atoms with Gasteiger partial charge in [-0.25, -0.2) is 4.98 Å². The van der Waals surface area contributed by atoms with E-state index >= 15 is 0 Å². The predicted molar refractivity (Wildman–Crippen MR) is 110 cm³/mol. The van der Waals surface area contributed by atoms with Crippen LogP contribution in [0.4, 0.5) is 5.69 Å². The van der Waals surface area contributed by atoms with E-state index < -0.39 is 0 Å². The number of hydrogen-bond donors (Lipinski definition) is 1. The summed E-state index contributed by atoms with van der Waals surface area (Å²) in [6.07, 6.45) is 2.14. The molecule has 1 unspecified atom stereocenters. The number of benzene rings is 2. The van der Waals surface area contributed by atoms with Crippen LogP contribution in [-0.2, 0) is 0 Å². The summed E-state index contributed by atoms with van der Waals surface area (Å²) in [7, 11) is 1.63. The van der Waals surface area contributed by atoms with Gasteiger partial charge in [0.15, 0.2) is 0 Å². The van der Waals surface area contributed by atoms with Gasteiger partial charge in [0.05, 0.1) is 36.6 Å². The van der Waals surface area contributed by atoms with Crippen molar-refractivity contribution in [2.75, 3.05) is 19.0 Å². The van der Waals surface area contributed by atoms with Gasteiger partial charge in [-0.2, -0.15) is 5.26 Å². The van der Waals surface area contributed by atoms with E-state index in [1.165, 1.54) is 0 Å². The minimum Gasteiger partial charge on any atom is -0.496 e. The molecule has 2 aromatic carbocycles. The van der Waals surface area contributed by atoms with Crippen molar-refractivity contribution in [2.24, 2.45) is 0 Å². The van der Waals surface area contributed by atoms with Crippen molar-refractivity contribution in [1.29, 1.82) is 5.26 Å². The largest absolute Gasteiger partial charge is 0.496 e. The minimum absolute atomic E-state index is 0.0994. The fourth-order valence-corrected chi connectivity index (χ4v) is 3.73. The molecule has 0 spiro atoms. The Hall–Kier alpha value is -3.52. The average molecular weight is 371 g/mol. The Balaban J connectivity index is 2.01. The van der Waals surface area contributed by atoms with Crippen molar-refractivity contribution in [3.05, 3.63) is 70.9 Å². The maximum atomic E-state index is 9.23. The fraction of sp³-hybridized carbons (Fsp3) is 0.217. The van der Waals surface area contributed by atoms with Gasteiger partial charge < -0.3 is 14.8 Å². The first-order chi connectivity index (χ1) is 13.7. The van der Waals surface area contributed by atoms with Crippen LogP contribution in [0, 0.1) is 11.3 Å². The SMILES string of the molecule is CCOc1nc2ccccc2c2c1C(c1ccc(C#N)cc1OC)C=C(C)N2. The van der Waals surface area contributed by atoms with Crippen LogP contribution in [0.1, 0.15) is 36.5 Å². The Morgan fingerprint density at radius 1 is 1.21 bits per heavy atom. The van der Waals surface area contributed by atoms with Gasteiger partial charge in [0, 0.05) is 28.1 Å². The highest BCUT2D eigenvalue weighted by Gasteiger charge is 2.29. The lowest BCUT2D eigenvalue weighted by Gasteiger charge is -2.28. The molecule has 0 fully saturated rings. The minimum atomic E-state index is -0.0994. The number of hydrogen-bond acceptors (Lipinski definition) is 5. The molecule has 1 N–H and O–H groups in total. The standard InChI is InChI=1S/C23H21N3O2/c1-4-28-23-21-18(16-10-9-15(13-24)12-20(16)27-3)11-14(2)25-22(21)17-7-5-6-8-19(17)26-23/h5-12,18,25H,4H2,1-3H3. The first-order valence-corrected chi connectivity index (χ1v) is 9.25. The second kappa shape index (κ2) is 7.24. The maximum absolute atomic E-state index is 9.23. The molecular formula is C23H21N3O2. The number of fused-ring (bicyclic) bond motifs is 3. The van der Waals surface area contributed by atoms with Gasteiger partial charge in [0.1, 0.15) is 5.75 Å². The molecule has 0 amide bonds. The van der Waals surface area contributed by atoms with Gasteiger partial charge in [-0.1, -0.05) is 30.3 Å². The Kier molecular flexibility index (Phi) is 4.62. The van der Waals surface area contributed by atoms with Crippen molar-refractivity contribution >= 4 is 16.6 Å². The zero-order valence-electron chi connectivity index (χ0n) is 16.1. The van der Waals surface area contributed by atoms with Crippen molar-refractivity contribution < 1.29 is 9.47 Å². The number of pyridine rings is 1. The summed E-state index contributed by atoms with van der Waals surface area (Å²) >= 11 is 0. The van der Waals surface area contributed by atoms with Gasteiger partial charge in [0.25, 0.3) is 0 Å². The van der Waals surface area contributed by atoms with E-state index in [9.17, 15) is 5.26 Å². The van der Waals surface area contributed by atoms with Crippen molar-refractivity contribution in [3.8, 4) is 17.7 Å². The molecule has 5 nitrogen and oxygen atoms in total. The third-order valence-corrected chi connectivity index (χ3v) is 4.92. The highest BCUT2D eigenvalue weighted by atomic mass is 16.5. The lowest BCUT2D eigenvalue weighted by Crippen LogP contribution is -2.16. The molecule has 2 heterocycles. The first-order valence-electron chi connectivity index (χ1n) is 9.25.